The molecule has 0 bridgehead atoms. The average molecular weight is 414 g/mol. The molecule has 0 saturated heterocycles. The Morgan fingerprint density at radius 2 is 1.70 bits per heavy atom. The highest BCUT2D eigenvalue weighted by molar-refractivity contribution is 5.99. The summed E-state index contributed by atoms with van der Waals surface area (Å²) >= 11 is 0. The van der Waals surface area contributed by atoms with E-state index >= 15 is 0 Å². The largest absolute Gasteiger partial charge is 0.462 e. The molecule has 4 unspecified atom stereocenters. The molecule has 30 heavy (non-hydrogen) atoms. The van der Waals surface area contributed by atoms with Gasteiger partial charge in [-0.25, -0.2) is 4.79 Å². The number of hydrogen-bond acceptors (Lipinski definition) is 5. The summed E-state index contributed by atoms with van der Waals surface area (Å²) in [4.78, 5) is 27.5. The molecular weight excluding hydrogens is 378 g/mol. The lowest BCUT2D eigenvalue weighted by molar-refractivity contribution is -0.148. The molecule has 5 nitrogen and oxygen atoms in total. The lowest BCUT2D eigenvalue weighted by Crippen LogP contribution is -2.50. The number of carbonyl (C=O) groups excluding carboxylic acids is 2. The van der Waals surface area contributed by atoms with Crippen LogP contribution in [0.5, 0.6) is 0 Å². The quantitative estimate of drug-likeness (QED) is 0.205. The van der Waals surface area contributed by atoms with Crippen LogP contribution in [0.1, 0.15) is 79.6 Å². The summed E-state index contributed by atoms with van der Waals surface area (Å²) in [5.41, 5.74) is 3.96. The van der Waals surface area contributed by atoms with Gasteiger partial charge in [0.05, 0.1) is 5.71 Å². The molecule has 164 valence electrons. The molecular formula is C25H35NO4. The topological polar surface area (TPSA) is 65.0 Å². The fourth-order valence-electron chi connectivity index (χ4n) is 7.27. The fraction of sp³-hybridized carbons (Fsp3) is 0.720. The van der Waals surface area contributed by atoms with Crippen molar-refractivity contribution in [1.29, 1.82) is 0 Å². The van der Waals surface area contributed by atoms with Crippen LogP contribution in [0.2, 0.25) is 0 Å². The Bertz CT molecular complexity index is 840. The molecule has 6 atom stereocenters. The standard InChI is InChI=1S/C25H35NO4/c1-15(26-30-17(3)28)21-8-9-22-20-7-6-18-14-19(29-16(2)27)10-12-24(18,4)23(20)11-13-25(21,22)5/h6,8,19-20,22-23H,7,9-14H2,1-5H3/t19?,20?,22?,23?,24-,25+/m0/s1. The molecule has 0 heterocycles. The van der Waals surface area contributed by atoms with Crippen LogP contribution in [0.15, 0.2) is 28.5 Å². The Morgan fingerprint density at radius 1 is 0.967 bits per heavy atom. The lowest BCUT2D eigenvalue weighted by atomic mass is 9.47. The molecule has 2 saturated carbocycles. The highest BCUT2D eigenvalue weighted by Gasteiger charge is 2.57. The first-order valence-electron chi connectivity index (χ1n) is 11.4. The first-order valence-corrected chi connectivity index (χ1v) is 11.4. The van der Waals surface area contributed by atoms with E-state index in [9.17, 15) is 9.59 Å². The monoisotopic (exact) mass is 413 g/mol. The Kier molecular flexibility index (Phi) is 5.44. The van der Waals surface area contributed by atoms with Gasteiger partial charge in [-0.15, -0.1) is 0 Å². The Labute approximate surface area is 179 Å². The second-order valence-corrected chi connectivity index (χ2v) is 10.3. The van der Waals surface area contributed by atoms with Gasteiger partial charge in [-0.05, 0) is 79.6 Å². The van der Waals surface area contributed by atoms with E-state index in [-0.39, 0.29) is 28.9 Å². The van der Waals surface area contributed by atoms with Gasteiger partial charge in [-0.3, -0.25) is 4.79 Å². The van der Waals surface area contributed by atoms with Crippen molar-refractivity contribution >= 4 is 17.7 Å². The summed E-state index contributed by atoms with van der Waals surface area (Å²) < 4.78 is 5.55. The lowest BCUT2D eigenvalue weighted by Gasteiger charge is -2.57. The van der Waals surface area contributed by atoms with E-state index in [4.69, 9.17) is 9.57 Å². The van der Waals surface area contributed by atoms with Crippen LogP contribution in [-0.2, 0) is 19.2 Å². The van der Waals surface area contributed by atoms with Crippen LogP contribution in [0.3, 0.4) is 0 Å². The number of allylic oxidation sites excluding steroid dienone is 3. The summed E-state index contributed by atoms with van der Waals surface area (Å²) in [6, 6.07) is 0. The summed E-state index contributed by atoms with van der Waals surface area (Å²) in [6.07, 6.45) is 12.4. The molecule has 0 radical (unpaired) electrons. The molecule has 4 rings (SSSR count). The Morgan fingerprint density at radius 3 is 2.40 bits per heavy atom. The Balaban J connectivity index is 1.55. The van der Waals surface area contributed by atoms with E-state index in [1.807, 2.05) is 6.92 Å². The van der Waals surface area contributed by atoms with Crippen molar-refractivity contribution in [3.8, 4) is 0 Å². The molecule has 0 N–H and O–H groups in total. The number of carbonyl (C=O) groups is 2. The van der Waals surface area contributed by atoms with Crippen molar-refractivity contribution in [2.75, 3.05) is 0 Å². The van der Waals surface area contributed by atoms with Crippen LogP contribution in [0, 0.1) is 28.6 Å². The minimum Gasteiger partial charge on any atom is -0.462 e. The van der Waals surface area contributed by atoms with Gasteiger partial charge in [0.2, 0.25) is 0 Å². The second-order valence-electron chi connectivity index (χ2n) is 10.3. The molecule has 0 aliphatic heterocycles. The van der Waals surface area contributed by atoms with Gasteiger partial charge >= 0.3 is 11.9 Å². The molecule has 0 aromatic rings. The zero-order chi connectivity index (χ0) is 21.7. The second kappa shape index (κ2) is 7.65. The van der Waals surface area contributed by atoms with Gasteiger partial charge < -0.3 is 9.57 Å². The van der Waals surface area contributed by atoms with Crippen LogP contribution >= 0.6 is 0 Å². The van der Waals surface area contributed by atoms with Crippen LogP contribution < -0.4 is 0 Å². The zero-order valence-electron chi connectivity index (χ0n) is 19.0. The van der Waals surface area contributed by atoms with Crippen LogP contribution in [0.4, 0.5) is 0 Å². The minimum absolute atomic E-state index is 0.0483. The third-order valence-corrected chi connectivity index (χ3v) is 8.67. The first kappa shape index (κ1) is 21.3. The molecule has 2 fully saturated rings. The summed E-state index contributed by atoms with van der Waals surface area (Å²) in [5, 5.41) is 4.10. The highest BCUT2D eigenvalue weighted by Crippen LogP contribution is 2.65. The van der Waals surface area contributed by atoms with Gasteiger partial charge in [0.15, 0.2) is 0 Å². The minimum atomic E-state index is -0.374. The van der Waals surface area contributed by atoms with Gasteiger partial charge in [-0.2, -0.15) is 0 Å². The van der Waals surface area contributed by atoms with Gasteiger partial charge in [0.25, 0.3) is 0 Å². The highest BCUT2D eigenvalue weighted by atomic mass is 16.7. The maximum atomic E-state index is 11.4. The molecule has 0 aromatic carbocycles. The fourth-order valence-corrected chi connectivity index (χ4v) is 7.27. The van der Waals surface area contributed by atoms with Crippen LogP contribution in [-0.4, -0.2) is 23.8 Å². The van der Waals surface area contributed by atoms with Gasteiger partial charge in [0.1, 0.15) is 6.10 Å². The van der Waals surface area contributed by atoms with E-state index < -0.39 is 0 Å². The predicted octanol–water partition coefficient (Wildman–Crippen LogP) is 5.36. The summed E-state index contributed by atoms with van der Waals surface area (Å²) in [5.74, 6) is 1.42. The third-order valence-electron chi connectivity index (χ3n) is 8.67. The molecule has 4 aliphatic rings. The predicted molar refractivity (Wildman–Crippen MR) is 116 cm³/mol. The van der Waals surface area contributed by atoms with Crippen molar-refractivity contribution < 1.29 is 19.2 Å². The van der Waals surface area contributed by atoms with E-state index in [0.717, 1.165) is 44.2 Å². The van der Waals surface area contributed by atoms with Crippen molar-refractivity contribution in [1.82, 2.24) is 0 Å². The maximum absolute atomic E-state index is 11.4. The number of nitrogens with zero attached hydrogens (tertiary/aromatic N) is 1. The summed E-state index contributed by atoms with van der Waals surface area (Å²) in [6.45, 7) is 9.71. The number of esters is 1. The number of hydrogen-bond donors (Lipinski definition) is 0. The molecule has 4 aliphatic carbocycles. The first-order chi connectivity index (χ1) is 14.1. The van der Waals surface area contributed by atoms with Crippen molar-refractivity contribution in [2.45, 2.75) is 85.7 Å². The smallest absolute Gasteiger partial charge is 0.331 e. The van der Waals surface area contributed by atoms with Crippen molar-refractivity contribution in [3.63, 3.8) is 0 Å². The normalized spacial score (nSPS) is 40.4. The molecule has 5 heteroatoms. The third kappa shape index (κ3) is 3.44. The number of rotatable bonds is 3. The summed E-state index contributed by atoms with van der Waals surface area (Å²) in [7, 11) is 0. The number of fused-ring (bicyclic) bond motifs is 5. The number of ether oxygens (including phenoxy) is 1. The van der Waals surface area contributed by atoms with Crippen LogP contribution in [0.25, 0.3) is 0 Å². The average Bonchev–Trinajstić information content (AvgIpc) is 3.03. The molecule has 0 aromatic heterocycles. The molecule has 0 spiro atoms. The molecule has 0 amide bonds. The SMILES string of the molecule is CC(=O)ON=C(C)C1=CCC2C3CC=C4CC(OC(C)=O)CC[C@]4(C)C3CC[C@]12C. The van der Waals surface area contributed by atoms with Crippen molar-refractivity contribution in [2.24, 2.45) is 33.7 Å². The zero-order valence-corrected chi connectivity index (χ0v) is 19.0. The number of oxime groups is 1. The van der Waals surface area contributed by atoms with E-state index in [0.29, 0.717) is 17.8 Å². The van der Waals surface area contributed by atoms with E-state index in [2.05, 4.69) is 31.2 Å². The van der Waals surface area contributed by atoms with E-state index in [1.165, 1.54) is 31.4 Å². The van der Waals surface area contributed by atoms with E-state index in [1.54, 1.807) is 0 Å². The maximum Gasteiger partial charge on any atom is 0.331 e. The van der Waals surface area contributed by atoms with Crippen molar-refractivity contribution in [3.05, 3.63) is 23.3 Å². The van der Waals surface area contributed by atoms with Gasteiger partial charge in [0, 0.05) is 20.3 Å². The Hall–Kier alpha value is -1.91. The van der Waals surface area contributed by atoms with Gasteiger partial charge in [-0.1, -0.05) is 36.7 Å².